The molecule has 1 fully saturated rings. The third-order valence-corrected chi connectivity index (χ3v) is 7.05. The van der Waals surface area contributed by atoms with Crippen molar-refractivity contribution in [3.63, 3.8) is 0 Å². The molecule has 1 saturated heterocycles. The molecule has 0 radical (unpaired) electrons. The summed E-state index contributed by atoms with van der Waals surface area (Å²) < 4.78 is 10.6. The highest BCUT2D eigenvalue weighted by atomic mass is 16.6. The second kappa shape index (κ2) is 14.1. The number of piperazine rings is 1. The van der Waals surface area contributed by atoms with Crippen LogP contribution in [0, 0.1) is 6.92 Å². The second-order valence-corrected chi connectivity index (χ2v) is 11.5. The van der Waals surface area contributed by atoms with E-state index in [0.29, 0.717) is 48.7 Å². The SMILES string of the molecule is CCOC(=O)CN(C(=O)c1ccccc1)c1ccc(NC(=O)c2ccc(N3CCN(C(=O)OC(C)(C)C)CC3)cc2C)cc1. The third kappa shape index (κ3) is 8.37. The molecule has 3 aromatic carbocycles. The van der Waals surface area contributed by atoms with Crippen molar-refractivity contribution in [1.29, 1.82) is 0 Å². The van der Waals surface area contributed by atoms with Gasteiger partial charge >= 0.3 is 12.1 Å². The summed E-state index contributed by atoms with van der Waals surface area (Å²) in [6, 6.07) is 21.1. The molecule has 232 valence electrons. The number of carbonyl (C=O) groups excluding carboxylic acids is 4. The summed E-state index contributed by atoms with van der Waals surface area (Å²) in [5.74, 6) is -1.12. The van der Waals surface area contributed by atoms with Gasteiger partial charge in [0.25, 0.3) is 11.8 Å². The van der Waals surface area contributed by atoms with Crippen molar-refractivity contribution in [2.75, 3.05) is 54.4 Å². The van der Waals surface area contributed by atoms with Gasteiger partial charge in [-0.15, -0.1) is 0 Å². The van der Waals surface area contributed by atoms with Gasteiger partial charge in [-0.3, -0.25) is 19.3 Å². The van der Waals surface area contributed by atoms with Gasteiger partial charge in [0, 0.05) is 54.4 Å². The minimum Gasteiger partial charge on any atom is -0.465 e. The first kappa shape index (κ1) is 32.1. The van der Waals surface area contributed by atoms with Crippen LogP contribution >= 0.6 is 0 Å². The first-order valence-electron chi connectivity index (χ1n) is 14.7. The van der Waals surface area contributed by atoms with E-state index in [2.05, 4.69) is 10.2 Å². The summed E-state index contributed by atoms with van der Waals surface area (Å²) in [4.78, 5) is 56.3. The van der Waals surface area contributed by atoms with Crippen LogP contribution in [0.5, 0.6) is 0 Å². The maximum absolute atomic E-state index is 13.2. The number of rotatable bonds is 8. The Labute approximate surface area is 258 Å². The van der Waals surface area contributed by atoms with Gasteiger partial charge in [0.2, 0.25) is 0 Å². The molecule has 1 N–H and O–H groups in total. The molecule has 4 rings (SSSR count). The van der Waals surface area contributed by atoms with Crippen LogP contribution in [0.1, 0.15) is 54.0 Å². The highest BCUT2D eigenvalue weighted by Crippen LogP contribution is 2.24. The van der Waals surface area contributed by atoms with Crippen molar-refractivity contribution in [2.24, 2.45) is 0 Å². The van der Waals surface area contributed by atoms with Crippen LogP contribution < -0.4 is 15.1 Å². The Hall–Kier alpha value is -4.86. The monoisotopic (exact) mass is 600 g/mol. The van der Waals surface area contributed by atoms with Gasteiger partial charge < -0.3 is 24.6 Å². The molecule has 0 spiro atoms. The Balaban J connectivity index is 1.40. The molecule has 3 amide bonds. The quantitative estimate of drug-likeness (QED) is 0.340. The van der Waals surface area contributed by atoms with E-state index in [1.54, 1.807) is 66.4 Å². The van der Waals surface area contributed by atoms with Crippen LogP contribution in [-0.4, -0.2) is 73.7 Å². The summed E-state index contributed by atoms with van der Waals surface area (Å²) in [5.41, 5.74) is 3.29. The van der Waals surface area contributed by atoms with E-state index < -0.39 is 11.6 Å². The average Bonchev–Trinajstić information content (AvgIpc) is 3.00. The van der Waals surface area contributed by atoms with Crippen LogP contribution in [0.3, 0.4) is 0 Å². The first-order chi connectivity index (χ1) is 20.9. The summed E-state index contributed by atoms with van der Waals surface area (Å²) >= 11 is 0. The van der Waals surface area contributed by atoms with Crippen LogP contribution in [-0.2, 0) is 14.3 Å². The second-order valence-electron chi connectivity index (χ2n) is 11.5. The molecule has 0 bridgehead atoms. The number of hydrogen-bond acceptors (Lipinski definition) is 7. The molecule has 44 heavy (non-hydrogen) atoms. The zero-order chi connectivity index (χ0) is 31.9. The summed E-state index contributed by atoms with van der Waals surface area (Å²) in [6.45, 7) is 11.6. The molecule has 0 aliphatic carbocycles. The van der Waals surface area contributed by atoms with Gasteiger partial charge in [0.1, 0.15) is 12.1 Å². The summed E-state index contributed by atoms with van der Waals surface area (Å²) in [6.07, 6.45) is -0.303. The van der Waals surface area contributed by atoms with Gasteiger partial charge in [0.05, 0.1) is 6.61 Å². The highest BCUT2D eigenvalue weighted by Gasteiger charge is 2.26. The fraction of sp³-hybridized carbons (Fsp3) is 0.353. The zero-order valence-corrected chi connectivity index (χ0v) is 26.0. The molecule has 0 aromatic heterocycles. The lowest BCUT2D eigenvalue weighted by Gasteiger charge is -2.37. The van der Waals surface area contributed by atoms with E-state index in [9.17, 15) is 19.2 Å². The molecule has 0 saturated carbocycles. The largest absolute Gasteiger partial charge is 0.465 e. The minimum atomic E-state index is -0.532. The maximum atomic E-state index is 13.2. The predicted molar refractivity (Wildman–Crippen MR) is 170 cm³/mol. The number of carbonyl (C=O) groups is 4. The van der Waals surface area contributed by atoms with Crippen molar-refractivity contribution in [3.05, 3.63) is 89.5 Å². The van der Waals surface area contributed by atoms with Crippen molar-refractivity contribution in [3.8, 4) is 0 Å². The van der Waals surface area contributed by atoms with Crippen LogP contribution in [0.25, 0.3) is 0 Å². The van der Waals surface area contributed by atoms with Crippen LogP contribution in [0.2, 0.25) is 0 Å². The van der Waals surface area contributed by atoms with Crippen molar-refractivity contribution in [2.45, 2.75) is 40.2 Å². The van der Waals surface area contributed by atoms with E-state index in [-0.39, 0.29) is 31.1 Å². The Morgan fingerprint density at radius 2 is 1.55 bits per heavy atom. The lowest BCUT2D eigenvalue weighted by molar-refractivity contribution is -0.141. The predicted octanol–water partition coefficient (Wildman–Crippen LogP) is 5.51. The molecule has 0 unspecified atom stereocenters. The fourth-order valence-corrected chi connectivity index (χ4v) is 4.85. The van der Waals surface area contributed by atoms with Gasteiger partial charge in [-0.2, -0.15) is 0 Å². The fourth-order valence-electron chi connectivity index (χ4n) is 4.85. The molecular weight excluding hydrogens is 560 g/mol. The molecule has 10 heteroatoms. The number of nitrogens with zero attached hydrogens (tertiary/aromatic N) is 3. The normalized spacial score (nSPS) is 13.2. The lowest BCUT2D eigenvalue weighted by Crippen LogP contribution is -2.50. The number of hydrogen-bond donors (Lipinski definition) is 1. The van der Waals surface area contributed by atoms with Crippen molar-refractivity contribution in [1.82, 2.24) is 4.90 Å². The van der Waals surface area contributed by atoms with E-state index >= 15 is 0 Å². The van der Waals surface area contributed by atoms with E-state index in [0.717, 1.165) is 11.3 Å². The summed E-state index contributed by atoms with van der Waals surface area (Å²) in [7, 11) is 0. The molecular formula is C34H40N4O6. The van der Waals surface area contributed by atoms with E-state index in [4.69, 9.17) is 9.47 Å². The number of esters is 1. The van der Waals surface area contributed by atoms with Gasteiger partial charge in [-0.25, -0.2) is 4.79 Å². The Bertz CT molecular complexity index is 1480. The number of nitrogens with one attached hydrogen (secondary N) is 1. The van der Waals surface area contributed by atoms with Crippen molar-refractivity contribution < 1.29 is 28.7 Å². The van der Waals surface area contributed by atoms with E-state index in [1.807, 2.05) is 45.9 Å². The minimum absolute atomic E-state index is 0.211. The Kier molecular flexibility index (Phi) is 10.3. The maximum Gasteiger partial charge on any atom is 0.410 e. The number of amides is 3. The van der Waals surface area contributed by atoms with Crippen LogP contribution in [0.15, 0.2) is 72.8 Å². The standard InChI is InChI=1S/C34H40N4O6/c1-6-43-30(39)23-38(32(41)25-10-8-7-9-11-25)27-14-12-26(13-15-27)35-31(40)29-17-16-28(22-24(29)2)36-18-20-37(21-19-36)33(42)44-34(3,4)5/h7-17,22H,6,18-21,23H2,1-5H3,(H,35,40). The molecule has 1 aliphatic heterocycles. The third-order valence-electron chi connectivity index (χ3n) is 7.05. The summed E-state index contributed by atoms with van der Waals surface area (Å²) in [5, 5.41) is 2.92. The smallest absolute Gasteiger partial charge is 0.410 e. The van der Waals surface area contributed by atoms with Crippen molar-refractivity contribution >= 4 is 40.9 Å². The topological polar surface area (TPSA) is 108 Å². The molecule has 0 atom stereocenters. The zero-order valence-electron chi connectivity index (χ0n) is 26.0. The average molecular weight is 601 g/mol. The number of benzene rings is 3. The molecule has 1 heterocycles. The van der Waals surface area contributed by atoms with Gasteiger partial charge in [-0.05, 0) is 94.8 Å². The van der Waals surface area contributed by atoms with Crippen LogP contribution in [0.4, 0.5) is 21.9 Å². The Morgan fingerprint density at radius 3 is 2.14 bits per heavy atom. The first-order valence-corrected chi connectivity index (χ1v) is 14.7. The van der Waals surface area contributed by atoms with Gasteiger partial charge in [0.15, 0.2) is 0 Å². The highest BCUT2D eigenvalue weighted by molar-refractivity contribution is 6.09. The number of aryl methyl sites for hydroxylation is 1. The number of ether oxygens (including phenoxy) is 2. The Morgan fingerprint density at radius 1 is 0.886 bits per heavy atom. The molecule has 3 aromatic rings. The van der Waals surface area contributed by atoms with E-state index in [1.165, 1.54) is 4.90 Å². The van der Waals surface area contributed by atoms with Gasteiger partial charge in [-0.1, -0.05) is 18.2 Å². The number of anilines is 3. The lowest BCUT2D eigenvalue weighted by atomic mass is 10.1. The molecule has 10 nitrogen and oxygen atoms in total. The molecule has 1 aliphatic rings.